The molecule has 108 valence electrons. The van der Waals surface area contributed by atoms with E-state index < -0.39 is 9.85 Å². The molecule has 2 rings (SSSR count). The van der Waals surface area contributed by atoms with E-state index in [4.69, 9.17) is 0 Å². The van der Waals surface area contributed by atoms with Crippen molar-refractivity contribution >= 4 is 17.1 Å². The highest BCUT2D eigenvalue weighted by atomic mass is 16.6. The number of anilines is 1. The van der Waals surface area contributed by atoms with Crippen molar-refractivity contribution in [2.45, 2.75) is 39.2 Å². The van der Waals surface area contributed by atoms with Gasteiger partial charge in [-0.25, -0.2) is 0 Å². The van der Waals surface area contributed by atoms with Crippen molar-refractivity contribution < 1.29 is 9.85 Å². The van der Waals surface area contributed by atoms with E-state index in [1.807, 2.05) is 0 Å². The van der Waals surface area contributed by atoms with E-state index in [0.717, 1.165) is 25.3 Å². The molecule has 1 unspecified atom stereocenters. The van der Waals surface area contributed by atoms with Gasteiger partial charge in [0, 0.05) is 12.1 Å². The highest BCUT2D eigenvalue weighted by Gasteiger charge is 2.35. The normalized spacial score (nSPS) is 20.6. The molecule has 7 heteroatoms. The van der Waals surface area contributed by atoms with Gasteiger partial charge in [0.05, 0.1) is 15.9 Å². The van der Waals surface area contributed by atoms with Crippen LogP contribution in [0.25, 0.3) is 0 Å². The van der Waals surface area contributed by atoms with Crippen molar-refractivity contribution in [1.29, 1.82) is 0 Å². The molecule has 0 saturated heterocycles. The maximum absolute atomic E-state index is 11.1. The predicted molar refractivity (Wildman–Crippen MR) is 74.8 cm³/mol. The van der Waals surface area contributed by atoms with Crippen LogP contribution in [0.2, 0.25) is 0 Å². The molecule has 7 nitrogen and oxygen atoms in total. The molecular weight excluding hydrogens is 262 g/mol. The fourth-order valence-electron chi connectivity index (χ4n) is 2.69. The van der Waals surface area contributed by atoms with Gasteiger partial charge in [-0.3, -0.25) is 20.2 Å². The SMILES string of the molecule is CC1(C)CCCC1Nc1ccc([N+](=O)[O-])cc1[N+](=O)[O-]. The fourth-order valence-corrected chi connectivity index (χ4v) is 2.69. The summed E-state index contributed by atoms with van der Waals surface area (Å²) in [5, 5.41) is 25.0. The largest absolute Gasteiger partial charge is 0.376 e. The predicted octanol–water partition coefficient (Wildman–Crippen LogP) is 3.49. The van der Waals surface area contributed by atoms with Crippen LogP contribution in [0.3, 0.4) is 0 Å². The minimum Gasteiger partial charge on any atom is -0.376 e. The smallest absolute Gasteiger partial charge is 0.299 e. The second kappa shape index (κ2) is 5.07. The first kappa shape index (κ1) is 14.2. The lowest BCUT2D eigenvalue weighted by Gasteiger charge is -2.28. The van der Waals surface area contributed by atoms with Crippen LogP contribution >= 0.6 is 0 Å². The molecule has 1 aliphatic rings. The summed E-state index contributed by atoms with van der Waals surface area (Å²) < 4.78 is 0. The number of nitro groups is 2. The molecule has 0 aromatic heterocycles. The average Bonchev–Trinajstić information content (AvgIpc) is 2.68. The lowest BCUT2D eigenvalue weighted by atomic mass is 9.87. The van der Waals surface area contributed by atoms with E-state index in [9.17, 15) is 20.2 Å². The summed E-state index contributed by atoms with van der Waals surface area (Å²) in [5.74, 6) is 0. The van der Waals surface area contributed by atoms with Gasteiger partial charge < -0.3 is 5.32 Å². The molecule has 1 atom stereocenters. The van der Waals surface area contributed by atoms with E-state index in [0.29, 0.717) is 5.69 Å². The highest BCUT2D eigenvalue weighted by molar-refractivity contribution is 5.65. The van der Waals surface area contributed by atoms with E-state index in [1.54, 1.807) is 0 Å². The molecule has 1 fully saturated rings. The summed E-state index contributed by atoms with van der Waals surface area (Å²) >= 11 is 0. The zero-order valence-electron chi connectivity index (χ0n) is 11.5. The topological polar surface area (TPSA) is 98.3 Å². The maximum atomic E-state index is 11.1. The summed E-state index contributed by atoms with van der Waals surface area (Å²) in [5.41, 5.74) is -0.106. The third-order valence-electron chi connectivity index (χ3n) is 3.98. The van der Waals surface area contributed by atoms with Crippen LogP contribution in [-0.2, 0) is 0 Å². The van der Waals surface area contributed by atoms with Crippen LogP contribution in [0.1, 0.15) is 33.1 Å². The average molecular weight is 279 g/mol. The van der Waals surface area contributed by atoms with Crippen molar-refractivity contribution in [2.75, 3.05) is 5.32 Å². The third kappa shape index (κ3) is 2.71. The standard InChI is InChI=1S/C13H17N3O4/c1-13(2)7-3-4-12(13)14-10-6-5-9(15(17)18)8-11(10)16(19)20/h5-6,8,12,14H,3-4,7H2,1-2H3. The van der Waals surface area contributed by atoms with E-state index in [1.165, 1.54) is 12.1 Å². The van der Waals surface area contributed by atoms with Gasteiger partial charge in [0.1, 0.15) is 5.69 Å². The van der Waals surface area contributed by atoms with E-state index >= 15 is 0 Å². The van der Waals surface area contributed by atoms with Gasteiger partial charge in [-0.1, -0.05) is 20.3 Å². The van der Waals surface area contributed by atoms with Crippen molar-refractivity contribution in [3.63, 3.8) is 0 Å². The Kier molecular flexibility index (Phi) is 3.61. The van der Waals surface area contributed by atoms with Crippen LogP contribution in [0.5, 0.6) is 0 Å². The lowest BCUT2D eigenvalue weighted by molar-refractivity contribution is -0.393. The molecule has 0 radical (unpaired) electrons. The van der Waals surface area contributed by atoms with Crippen molar-refractivity contribution in [3.05, 3.63) is 38.4 Å². The molecule has 1 aromatic rings. The minimum absolute atomic E-state index is 0.0651. The molecular formula is C13H17N3O4. The monoisotopic (exact) mass is 279 g/mol. The second-order valence-electron chi connectivity index (χ2n) is 5.79. The fraction of sp³-hybridized carbons (Fsp3) is 0.538. The van der Waals surface area contributed by atoms with E-state index in [2.05, 4.69) is 19.2 Å². The highest BCUT2D eigenvalue weighted by Crippen LogP contribution is 2.40. The molecule has 1 saturated carbocycles. The van der Waals surface area contributed by atoms with Gasteiger partial charge in [0.25, 0.3) is 11.4 Å². The van der Waals surface area contributed by atoms with Gasteiger partial charge in [-0.2, -0.15) is 0 Å². The Bertz CT molecular complexity index is 557. The molecule has 1 aliphatic carbocycles. The van der Waals surface area contributed by atoms with Crippen LogP contribution in [0.4, 0.5) is 17.1 Å². The maximum Gasteiger partial charge on any atom is 0.299 e. The number of non-ortho nitro benzene ring substituents is 1. The molecule has 0 bridgehead atoms. The van der Waals surface area contributed by atoms with Crippen LogP contribution in [0.15, 0.2) is 18.2 Å². The van der Waals surface area contributed by atoms with Crippen molar-refractivity contribution in [1.82, 2.24) is 0 Å². The van der Waals surface area contributed by atoms with Gasteiger partial charge in [-0.15, -0.1) is 0 Å². The third-order valence-corrected chi connectivity index (χ3v) is 3.98. The molecule has 0 heterocycles. The van der Waals surface area contributed by atoms with Crippen LogP contribution < -0.4 is 5.32 Å². The summed E-state index contributed by atoms with van der Waals surface area (Å²) in [4.78, 5) is 20.6. The zero-order chi connectivity index (χ0) is 14.9. The Morgan fingerprint density at radius 2 is 1.95 bits per heavy atom. The summed E-state index contributed by atoms with van der Waals surface area (Å²) in [6.45, 7) is 4.24. The Labute approximate surface area is 116 Å². The molecule has 20 heavy (non-hydrogen) atoms. The first-order valence-electron chi connectivity index (χ1n) is 6.50. The molecule has 1 N–H and O–H groups in total. The Balaban J connectivity index is 2.32. The lowest BCUT2D eigenvalue weighted by Crippen LogP contribution is -2.31. The molecule has 0 spiro atoms. The number of nitro benzene ring substituents is 2. The first-order chi connectivity index (χ1) is 9.31. The van der Waals surface area contributed by atoms with Gasteiger partial charge in [-0.05, 0) is 24.3 Å². The number of hydrogen-bond donors (Lipinski definition) is 1. The summed E-state index contributed by atoms with van der Waals surface area (Å²) in [7, 11) is 0. The van der Waals surface area contributed by atoms with Gasteiger partial charge in [0.15, 0.2) is 0 Å². The van der Waals surface area contributed by atoms with Gasteiger partial charge >= 0.3 is 0 Å². The van der Waals surface area contributed by atoms with Crippen molar-refractivity contribution in [2.24, 2.45) is 5.41 Å². The number of benzene rings is 1. The number of nitrogens with one attached hydrogen (secondary N) is 1. The Morgan fingerprint density at radius 1 is 1.25 bits per heavy atom. The number of rotatable bonds is 4. The molecule has 0 amide bonds. The Hall–Kier alpha value is -2.18. The molecule has 0 aliphatic heterocycles. The second-order valence-corrected chi connectivity index (χ2v) is 5.79. The number of nitrogens with zero attached hydrogens (tertiary/aromatic N) is 2. The minimum atomic E-state index is -0.629. The quantitative estimate of drug-likeness (QED) is 0.671. The zero-order valence-corrected chi connectivity index (χ0v) is 11.5. The first-order valence-corrected chi connectivity index (χ1v) is 6.50. The van der Waals surface area contributed by atoms with E-state index in [-0.39, 0.29) is 22.8 Å². The van der Waals surface area contributed by atoms with Crippen molar-refractivity contribution in [3.8, 4) is 0 Å². The van der Waals surface area contributed by atoms with Crippen LogP contribution in [0, 0.1) is 25.6 Å². The molecule has 1 aromatic carbocycles. The van der Waals surface area contributed by atoms with Crippen LogP contribution in [-0.4, -0.2) is 15.9 Å². The van der Waals surface area contributed by atoms with Gasteiger partial charge in [0.2, 0.25) is 0 Å². The summed E-state index contributed by atoms with van der Waals surface area (Å²) in [6.07, 6.45) is 3.08. The Morgan fingerprint density at radius 3 is 2.45 bits per heavy atom. The summed E-state index contributed by atoms with van der Waals surface area (Å²) in [6, 6.07) is 3.86. The number of hydrogen-bond acceptors (Lipinski definition) is 5.